The number of fused-ring (bicyclic) bond motifs is 1. The Morgan fingerprint density at radius 1 is 0.931 bits per heavy atom. The molecule has 0 bridgehead atoms. The molecule has 0 N–H and O–H groups in total. The monoisotopic (exact) mass is 390 g/mol. The Balaban J connectivity index is 1.42. The Kier molecular flexibility index (Phi) is 5.03. The molecule has 4 rings (SSSR count). The van der Waals surface area contributed by atoms with Gasteiger partial charge in [-0.1, -0.05) is 42.5 Å². The molecule has 0 spiro atoms. The Morgan fingerprint density at radius 3 is 2.34 bits per heavy atom. The molecule has 2 aromatic carbocycles. The fourth-order valence-corrected chi connectivity index (χ4v) is 3.38. The van der Waals surface area contributed by atoms with E-state index in [1.165, 1.54) is 15.5 Å². The lowest BCUT2D eigenvalue weighted by atomic mass is 10.1. The molecule has 0 amide bonds. The van der Waals surface area contributed by atoms with Gasteiger partial charge >= 0.3 is 5.69 Å². The molecule has 29 heavy (non-hydrogen) atoms. The molecule has 0 aliphatic rings. The van der Waals surface area contributed by atoms with Crippen LogP contribution in [0.25, 0.3) is 22.3 Å². The maximum absolute atomic E-state index is 12.7. The smallest absolute Gasteiger partial charge is 0.332 e. The van der Waals surface area contributed by atoms with Crippen molar-refractivity contribution in [2.75, 3.05) is 6.61 Å². The standard InChI is InChI=1S/C22H22N4O3/c1-24-15-23-20-19(24)21(27)26(22(28)25(20)2)13-6-14-29-18-11-9-17(10-12-18)16-7-4-3-5-8-16/h3-5,7-12,15H,6,13-14H2,1-2H3. The van der Waals surface area contributed by atoms with Gasteiger partial charge in [0.25, 0.3) is 5.56 Å². The molecule has 7 nitrogen and oxygen atoms in total. The maximum atomic E-state index is 12.7. The van der Waals surface area contributed by atoms with E-state index in [-0.39, 0.29) is 17.8 Å². The van der Waals surface area contributed by atoms with Gasteiger partial charge in [-0.05, 0) is 29.7 Å². The number of aryl methyl sites for hydroxylation is 2. The summed E-state index contributed by atoms with van der Waals surface area (Å²) in [6.45, 7) is 0.693. The van der Waals surface area contributed by atoms with Crippen molar-refractivity contribution in [1.82, 2.24) is 18.7 Å². The lowest BCUT2D eigenvalue weighted by molar-refractivity contribution is 0.299. The minimum Gasteiger partial charge on any atom is -0.494 e. The molecule has 0 aliphatic carbocycles. The zero-order valence-corrected chi connectivity index (χ0v) is 16.4. The second-order valence-electron chi connectivity index (χ2n) is 6.92. The van der Waals surface area contributed by atoms with E-state index in [4.69, 9.17) is 4.74 Å². The van der Waals surface area contributed by atoms with Crippen LogP contribution in [0.1, 0.15) is 6.42 Å². The van der Waals surface area contributed by atoms with Crippen molar-refractivity contribution in [2.24, 2.45) is 14.1 Å². The van der Waals surface area contributed by atoms with Crippen LogP contribution in [-0.4, -0.2) is 25.3 Å². The molecule has 148 valence electrons. The van der Waals surface area contributed by atoms with Crippen LogP contribution in [0.5, 0.6) is 5.75 Å². The largest absolute Gasteiger partial charge is 0.494 e. The highest BCUT2D eigenvalue weighted by atomic mass is 16.5. The van der Waals surface area contributed by atoms with E-state index >= 15 is 0 Å². The van der Waals surface area contributed by atoms with E-state index in [9.17, 15) is 9.59 Å². The number of imidazole rings is 1. The molecule has 4 aromatic rings. The van der Waals surface area contributed by atoms with Crippen molar-refractivity contribution in [1.29, 1.82) is 0 Å². The van der Waals surface area contributed by atoms with Crippen LogP contribution in [0.4, 0.5) is 0 Å². The number of rotatable bonds is 6. The van der Waals surface area contributed by atoms with Gasteiger partial charge in [0, 0.05) is 20.6 Å². The first-order valence-electron chi connectivity index (χ1n) is 9.45. The van der Waals surface area contributed by atoms with Crippen LogP contribution in [0, 0.1) is 0 Å². The van der Waals surface area contributed by atoms with Gasteiger partial charge < -0.3 is 9.30 Å². The maximum Gasteiger partial charge on any atom is 0.332 e. The molecule has 0 atom stereocenters. The van der Waals surface area contributed by atoms with Crippen molar-refractivity contribution in [3.05, 3.63) is 81.8 Å². The first kappa shape index (κ1) is 18.7. The number of nitrogens with zero attached hydrogens (tertiary/aromatic N) is 4. The molecule has 0 fully saturated rings. The van der Waals surface area contributed by atoms with Gasteiger partial charge in [0.05, 0.1) is 12.9 Å². The lowest BCUT2D eigenvalue weighted by Gasteiger charge is -2.10. The normalized spacial score (nSPS) is 11.1. The van der Waals surface area contributed by atoms with Gasteiger partial charge in [-0.2, -0.15) is 0 Å². The van der Waals surface area contributed by atoms with E-state index in [1.54, 1.807) is 18.7 Å². The van der Waals surface area contributed by atoms with Crippen molar-refractivity contribution in [3.8, 4) is 16.9 Å². The molecule has 2 heterocycles. The minimum atomic E-state index is -0.367. The van der Waals surface area contributed by atoms with Gasteiger partial charge in [0.1, 0.15) is 5.75 Å². The summed E-state index contributed by atoms with van der Waals surface area (Å²) in [5.74, 6) is 0.756. The Labute approximate surface area is 167 Å². The van der Waals surface area contributed by atoms with Crippen LogP contribution in [0.3, 0.4) is 0 Å². The van der Waals surface area contributed by atoms with E-state index in [0.29, 0.717) is 24.2 Å². The third-order valence-electron chi connectivity index (χ3n) is 4.96. The van der Waals surface area contributed by atoms with Crippen LogP contribution >= 0.6 is 0 Å². The highest BCUT2D eigenvalue weighted by Gasteiger charge is 2.14. The molecular formula is C22H22N4O3. The molecule has 0 aliphatic heterocycles. The van der Waals surface area contributed by atoms with E-state index < -0.39 is 0 Å². The summed E-state index contributed by atoms with van der Waals surface area (Å²) in [5, 5.41) is 0. The second kappa shape index (κ2) is 7.79. The predicted octanol–water partition coefficient (Wildman–Crippen LogP) is 2.57. The summed E-state index contributed by atoms with van der Waals surface area (Å²) in [5.41, 5.74) is 2.40. The fourth-order valence-electron chi connectivity index (χ4n) is 3.38. The molecule has 0 radical (unpaired) electrons. The Hall–Kier alpha value is -3.61. The van der Waals surface area contributed by atoms with E-state index in [0.717, 1.165) is 16.9 Å². The van der Waals surface area contributed by atoms with E-state index in [2.05, 4.69) is 17.1 Å². The molecule has 0 unspecified atom stereocenters. The summed E-state index contributed by atoms with van der Waals surface area (Å²) in [7, 11) is 3.37. The average Bonchev–Trinajstić information content (AvgIpc) is 3.14. The quantitative estimate of drug-likeness (QED) is 0.475. The summed E-state index contributed by atoms with van der Waals surface area (Å²) in [6, 6.07) is 18.0. The first-order chi connectivity index (χ1) is 14.1. The zero-order valence-electron chi connectivity index (χ0n) is 16.4. The summed E-state index contributed by atoms with van der Waals surface area (Å²) >= 11 is 0. The lowest BCUT2D eigenvalue weighted by Crippen LogP contribution is -2.39. The summed E-state index contributed by atoms with van der Waals surface area (Å²) < 4.78 is 10.1. The van der Waals surface area contributed by atoms with Crippen LogP contribution in [0.2, 0.25) is 0 Å². The van der Waals surface area contributed by atoms with Gasteiger partial charge in [-0.15, -0.1) is 0 Å². The van der Waals surface area contributed by atoms with Crippen molar-refractivity contribution in [2.45, 2.75) is 13.0 Å². The third kappa shape index (κ3) is 3.59. The minimum absolute atomic E-state index is 0.286. The average molecular weight is 390 g/mol. The summed E-state index contributed by atoms with van der Waals surface area (Å²) in [4.78, 5) is 29.3. The molecule has 0 saturated heterocycles. The number of aromatic nitrogens is 4. The summed E-state index contributed by atoms with van der Waals surface area (Å²) in [6.07, 6.45) is 2.08. The Bertz CT molecular complexity index is 1250. The topological polar surface area (TPSA) is 71.1 Å². The van der Waals surface area contributed by atoms with Gasteiger partial charge in [-0.3, -0.25) is 13.9 Å². The van der Waals surface area contributed by atoms with E-state index in [1.807, 2.05) is 42.5 Å². The number of hydrogen-bond donors (Lipinski definition) is 0. The predicted molar refractivity (Wildman–Crippen MR) is 112 cm³/mol. The fraction of sp³-hybridized carbons (Fsp3) is 0.227. The van der Waals surface area contributed by atoms with Gasteiger partial charge in [0.2, 0.25) is 0 Å². The Morgan fingerprint density at radius 2 is 1.62 bits per heavy atom. The van der Waals surface area contributed by atoms with Crippen molar-refractivity contribution < 1.29 is 4.74 Å². The van der Waals surface area contributed by atoms with Gasteiger partial charge in [-0.25, -0.2) is 9.78 Å². The third-order valence-corrected chi connectivity index (χ3v) is 4.96. The number of benzene rings is 2. The first-order valence-corrected chi connectivity index (χ1v) is 9.45. The molecule has 2 aromatic heterocycles. The SMILES string of the molecule is Cn1cnc2c1c(=O)n(CCCOc1ccc(-c3ccccc3)cc1)c(=O)n2C. The molecule has 0 saturated carbocycles. The van der Waals surface area contributed by atoms with Crippen LogP contribution < -0.4 is 16.0 Å². The molecular weight excluding hydrogens is 368 g/mol. The van der Waals surface area contributed by atoms with Crippen LogP contribution in [-0.2, 0) is 20.6 Å². The molecule has 7 heteroatoms. The van der Waals surface area contributed by atoms with Crippen LogP contribution in [0.15, 0.2) is 70.5 Å². The highest BCUT2D eigenvalue weighted by Crippen LogP contribution is 2.22. The van der Waals surface area contributed by atoms with Crippen molar-refractivity contribution >= 4 is 11.2 Å². The van der Waals surface area contributed by atoms with Gasteiger partial charge in [0.15, 0.2) is 11.2 Å². The second-order valence-corrected chi connectivity index (χ2v) is 6.92. The number of hydrogen-bond acceptors (Lipinski definition) is 4. The zero-order chi connectivity index (χ0) is 20.4. The highest BCUT2D eigenvalue weighted by molar-refractivity contribution is 5.69. The van der Waals surface area contributed by atoms with Crippen molar-refractivity contribution in [3.63, 3.8) is 0 Å². The number of ether oxygens (including phenoxy) is 1.